The number of ketones is 1. The van der Waals surface area contributed by atoms with Crippen LogP contribution >= 0.6 is 0 Å². The fraction of sp³-hybridized carbons (Fsp3) is 0.368. The quantitative estimate of drug-likeness (QED) is 0.644. The molecule has 0 aliphatic carbocycles. The summed E-state index contributed by atoms with van der Waals surface area (Å²) in [6.07, 6.45) is 0. The molecule has 0 saturated heterocycles. The number of nitrogens with one attached hydrogen (secondary N) is 1. The fourth-order valence-corrected chi connectivity index (χ4v) is 2.83. The minimum Gasteiger partial charge on any atom is -0.465 e. The summed E-state index contributed by atoms with van der Waals surface area (Å²) >= 11 is 0. The largest absolute Gasteiger partial charge is 0.465 e. The lowest BCUT2D eigenvalue weighted by molar-refractivity contribution is 0.0599. The Bertz CT molecular complexity index is 781. The van der Waals surface area contributed by atoms with E-state index in [0.717, 1.165) is 5.56 Å². The highest BCUT2D eigenvalue weighted by molar-refractivity contribution is 6.03. The molecule has 1 N–H and O–H groups in total. The Hall–Kier alpha value is -2.47. The number of rotatable bonds is 6. The first-order chi connectivity index (χ1) is 11.8. The van der Waals surface area contributed by atoms with Crippen LogP contribution in [-0.4, -0.2) is 41.8 Å². The predicted molar refractivity (Wildman–Crippen MR) is 93.3 cm³/mol. The van der Waals surface area contributed by atoms with Crippen molar-refractivity contribution in [2.75, 3.05) is 14.2 Å². The highest BCUT2D eigenvalue weighted by atomic mass is 19.1. The summed E-state index contributed by atoms with van der Waals surface area (Å²) in [7, 11) is 3.15. The van der Waals surface area contributed by atoms with Crippen molar-refractivity contribution in [3.8, 4) is 0 Å². The lowest BCUT2D eigenvalue weighted by Crippen LogP contribution is -2.36. The van der Waals surface area contributed by atoms with Gasteiger partial charge in [-0.15, -0.1) is 0 Å². The SMILES string of the molecule is COC(=O)c1c(C)[nH]c(C(=O)[C@@H](C)N(C)Cc2ccc(F)cc2)c1C. The maximum Gasteiger partial charge on any atom is 0.339 e. The number of nitrogens with zero attached hydrogens (tertiary/aromatic N) is 1. The zero-order valence-electron chi connectivity index (χ0n) is 15.1. The summed E-state index contributed by atoms with van der Waals surface area (Å²) in [6.45, 7) is 5.79. The maximum atomic E-state index is 13.0. The van der Waals surface area contributed by atoms with Gasteiger partial charge in [-0.2, -0.15) is 0 Å². The van der Waals surface area contributed by atoms with Crippen molar-refractivity contribution in [1.82, 2.24) is 9.88 Å². The minimum atomic E-state index is -0.461. The Morgan fingerprint density at radius 3 is 2.40 bits per heavy atom. The number of H-pyrrole nitrogens is 1. The molecule has 1 heterocycles. The van der Waals surface area contributed by atoms with Crippen LogP contribution in [0.25, 0.3) is 0 Å². The van der Waals surface area contributed by atoms with E-state index < -0.39 is 12.0 Å². The Morgan fingerprint density at radius 1 is 1.24 bits per heavy atom. The number of benzene rings is 1. The Labute approximate surface area is 146 Å². The van der Waals surface area contributed by atoms with E-state index in [4.69, 9.17) is 4.74 Å². The van der Waals surface area contributed by atoms with Gasteiger partial charge in [-0.1, -0.05) is 12.1 Å². The van der Waals surface area contributed by atoms with E-state index in [9.17, 15) is 14.0 Å². The van der Waals surface area contributed by atoms with Gasteiger partial charge in [0.25, 0.3) is 0 Å². The van der Waals surface area contributed by atoms with E-state index >= 15 is 0 Å². The lowest BCUT2D eigenvalue weighted by Gasteiger charge is -2.23. The summed E-state index contributed by atoms with van der Waals surface area (Å²) in [5.74, 6) is -0.860. The summed E-state index contributed by atoms with van der Waals surface area (Å²) in [5, 5.41) is 0. The lowest BCUT2D eigenvalue weighted by atomic mass is 10.0. The smallest absolute Gasteiger partial charge is 0.339 e. The number of carbonyl (C=O) groups excluding carboxylic acids is 2. The molecule has 2 aromatic rings. The van der Waals surface area contributed by atoms with E-state index in [2.05, 4.69) is 4.98 Å². The molecule has 0 aliphatic rings. The van der Waals surface area contributed by atoms with E-state index in [1.54, 1.807) is 32.9 Å². The van der Waals surface area contributed by atoms with Gasteiger partial charge in [0.15, 0.2) is 5.78 Å². The maximum absolute atomic E-state index is 13.0. The number of likely N-dealkylation sites (N-methyl/N-ethyl adjacent to an activating group) is 1. The Morgan fingerprint density at radius 2 is 1.84 bits per heavy atom. The van der Waals surface area contributed by atoms with Crippen molar-refractivity contribution in [1.29, 1.82) is 0 Å². The van der Waals surface area contributed by atoms with Crippen LogP contribution in [0.3, 0.4) is 0 Å². The molecule has 1 aromatic heterocycles. The molecular formula is C19H23FN2O3. The molecule has 0 bridgehead atoms. The third-order valence-corrected chi connectivity index (χ3v) is 4.46. The number of Topliss-reactive ketones (excluding diaryl/α,β-unsaturated/α-hetero) is 1. The van der Waals surface area contributed by atoms with Crippen LogP contribution in [0, 0.1) is 19.7 Å². The van der Waals surface area contributed by atoms with Crippen molar-refractivity contribution < 1.29 is 18.7 Å². The highest BCUT2D eigenvalue weighted by Gasteiger charge is 2.27. The van der Waals surface area contributed by atoms with Gasteiger partial charge >= 0.3 is 5.97 Å². The zero-order valence-corrected chi connectivity index (χ0v) is 15.1. The second-order valence-corrected chi connectivity index (χ2v) is 6.20. The number of ether oxygens (including phenoxy) is 1. The normalized spacial score (nSPS) is 12.3. The predicted octanol–water partition coefficient (Wildman–Crippen LogP) is 3.26. The van der Waals surface area contributed by atoms with Gasteiger partial charge < -0.3 is 9.72 Å². The molecule has 25 heavy (non-hydrogen) atoms. The third kappa shape index (κ3) is 3.96. The number of esters is 1. The standard InChI is InChI=1S/C19H23FN2O3/c1-11-16(19(24)25-5)12(2)21-17(11)18(23)13(3)22(4)10-14-6-8-15(20)9-7-14/h6-9,13,21H,10H2,1-5H3/t13-/m1/s1. The first kappa shape index (κ1) is 18.9. The molecule has 6 heteroatoms. The van der Waals surface area contributed by atoms with Crippen molar-refractivity contribution in [2.24, 2.45) is 0 Å². The molecule has 0 radical (unpaired) electrons. The number of methoxy groups -OCH3 is 1. The molecule has 0 unspecified atom stereocenters. The minimum absolute atomic E-state index is 0.111. The van der Waals surface area contributed by atoms with Gasteiger partial charge in [-0.25, -0.2) is 9.18 Å². The summed E-state index contributed by atoms with van der Waals surface area (Å²) in [4.78, 5) is 29.6. The van der Waals surface area contributed by atoms with Crippen LogP contribution in [0.1, 0.15) is 44.6 Å². The van der Waals surface area contributed by atoms with Crippen LogP contribution in [-0.2, 0) is 11.3 Å². The Balaban J connectivity index is 2.19. The van der Waals surface area contributed by atoms with E-state index in [-0.39, 0.29) is 11.6 Å². The topological polar surface area (TPSA) is 62.4 Å². The average molecular weight is 346 g/mol. The number of halogens is 1. The molecule has 0 spiro atoms. The first-order valence-corrected chi connectivity index (χ1v) is 8.02. The molecule has 0 saturated carbocycles. The molecule has 0 fully saturated rings. The number of aromatic nitrogens is 1. The monoisotopic (exact) mass is 346 g/mol. The fourth-order valence-electron chi connectivity index (χ4n) is 2.83. The van der Waals surface area contributed by atoms with E-state index in [0.29, 0.717) is 29.1 Å². The van der Waals surface area contributed by atoms with Gasteiger partial charge in [-0.3, -0.25) is 9.69 Å². The van der Waals surface area contributed by atoms with Crippen molar-refractivity contribution in [3.63, 3.8) is 0 Å². The average Bonchev–Trinajstić information content (AvgIpc) is 2.89. The molecule has 134 valence electrons. The van der Waals surface area contributed by atoms with Crippen LogP contribution in [0.15, 0.2) is 24.3 Å². The number of hydrogen-bond acceptors (Lipinski definition) is 4. The molecule has 0 aliphatic heterocycles. The Kier molecular flexibility index (Phi) is 5.74. The van der Waals surface area contributed by atoms with Crippen molar-refractivity contribution in [2.45, 2.75) is 33.4 Å². The van der Waals surface area contributed by atoms with Crippen molar-refractivity contribution in [3.05, 3.63) is 58.2 Å². The van der Waals surface area contributed by atoms with Gasteiger partial charge in [0.05, 0.1) is 24.4 Å². The number of hydrogen-bond donors (Lipinski definition) is 1. The van der Waals surface area contributed by atoms with E-state index in [1.165, 1.54) is 19.2 Å². The molecule has 2 rings (SSSR count). The van der Waals surface area contributed by atoms with Gasteiger partial charge in [0.2, 0.25) is 0 Å². The van der Waals surface area contributed by atoms with Crippen LogP contribution in [0.4, 0.5) is 4.39 Å². The van der Waals surface area contributed by atoms with Crippen LogP contribution in [0.5, 0.6) is 0 Å². The summed E-state index contributed by atoms with van der Waals surface area (Å²) in [6, 6.07) is 5.78. The van der Waals surface area contributed by atoms with Crippen LogP contribution < -0.4 is 0 Å². The number of aryl methyl sites for hydroxylation is 1. The zero-order chi connectivity index (χ0) is 18.7. The van der Waals surface area contributed by atoms with Crippen LogP contribution in [0.2, 0.25) is 0 Å². The van der Waals surface area contributed by atoms with Gasteiger partial charge in [0.1, 0.15) is 5.82 Å². The third-order valence-electron chi connectivity index (χ3n) is 4.46. The molecule has 5 nitrogen and oxygen atoms in total. The van der Waals surface area contributed by atoms with Gasteiger partial charge in [-0.05, 0) is 51.1 Å². The molecule has 1 atom stereocenters. The summed E-state index contributed by atoms with van der Waals surface area (Å²) in [5.41, 5.74) is 2.94. The molecular weight excluding hydrogens is 323 g/mol. The molecule has 1 aromatic carbocycles. The van der Waals surface area contributed by atoms with Crippen molar-refractivity contribution >= 4 is 11.8 Å². The van der Waals surface area contributed by atoms with Gasteiger partial charge in [0, 0.05) is 12.2 Å². The number of carbonyl (C=O) groups is 2. The highest BCUT2D eigenvalue weighted by Crippen LogP contribution is 2.21. The second-order valence-electron chi connectivity index (χ2n) is 6.20. The second kappa shape index (κ2) is 7.61. The van der Waals surface area contributed by atoms with E-state index in [1.807, 2.05) is 11.9 Å². The number of aromatic amines is 1. The summed E-state index contributed by atoms with van der Waals surface area (Å²) < 4.78 is 17.8. The molecule has 0 amide bonds. The first-order valence-electron chi connectivity index (χ1n) is 8.02.